The number of carbonyl (C=O) groups excluding carboxylic acids is 1. The van der Waals surface area contributed by atoms with Crippen LogP contribution in [0.5, 0.6) is 0 Å². The number of amidine groups is 1. The van der Waals surface area contributed by atoms with Gasteiger partial charge in [-0.05, 0) is 99.8 Å². The number of likely N-dealkylation sites (N-methyl/N-ethyl adjacent to an activating group) is 1. The molecule has 4 rings (SSSR count). The third-order valence-electron chi connectivity index (χ3n) is 6.28. The lowest BCUT2D eigenvalue weighted by Gasteiger charge is -2.43. The van der Waals surface area contributed by atoms with Gasteiger partial charge in [0.15, 0.2) is 5.17 Å². The lowest BCUT2D eigenvalue weighted by molar-refractivity contribution is -0.122. The molecule has 2 aliphatic rings. The van der Waals surface area contributed by atoms with E-state index in [0.29, 0.717) is 6.54 Å². The molecular weight excluding hydrogens is 426 g/mol. The SMILES string of the molecule is CCCN1c2cc(C)c(/C=C3/SC(=Nc4ccccc4)N(CC)C3=O)cc2C(C)=CC1(C)C. The van der Waals surface area contributed by atoms with Crippen LogP contribution < -0.4 is 4.90 Å². The first-order valence-electron chi connectivity index (χ1n) is 11.7. The number of aryl methyl sites for hydroxylation is 1. The van der Waals surface area contributed by atoms with Gasteiger partial charge < -0.3 is 4.90 Å². The quantitative estimate of drug-likeness (QED) is 0.450. The summed E-state index contributed by atoms with van der Waals surface area (Å²) in [6, 6.07) is 14.3. The second-order valence-corrected chi connectivity index (χ2v) is 10.3. The second-order valence-electron chi connectivity index (χ2n) is 9.25. The van der Waals surface area contributed by atoms with Crippen LogP contribution in [-0.2, 0) is 4.79 Å². The van der Waals surface area contributed by atoms with Crippen LogP contribution in [0.4, 0.5) is 11.4 Å². The molecule has 1 fully saturated rings. The van der Waals surface area contributed by atoms with Gasteiger partial charge in [-0.1, -0.05) is 31.2 Å². The van der Waals surface area contributed by atoms with Crippen molar-refractivity contribution in [2.75, 3.05) is 18.0 Å². The molecule has 0 aromatic heterocycles. The Hall–Kier alpha value is -2.79. The highest BCUT2D eigenvalue weighted by atomic mass is 32.2. The van der Waals surface area contributed by atoms with Crippen LogP contribution in [-0.4, -0.2) is 34.6 Å². The maximum atomic E-state index is 13.2. The topological polar surface area (TPSA) is 35.9 Å². The van der Waals surface area contributed by atoms with Crippen LogP contribution in [0.2, 0.25) is 0 Å². The van der Waals surface area contributed by atoms with Crippen LogP contribution in [0.25, 0.3) is 11.6 Å². The number of para-hydroxylation sites is 1. The number of aliphatic imine (C=N–C) groups is 1. The average Bonchev–Trinajstić information content (AvgIpc) is 3.06. The lowest BCUT2D eigenvalue weighted by atomic mass is 9.86. The van der Waals surface area contributed by atoms with E-state index in [1.165, 1.54) is 34.1 Å². The highest BCUT2D eigenvalue weighted by Crippen LogP contribution is 2.41. The normalized spacial score (nSPS) is 19.9. The Morgan fingerprint density at radius 1 is 1.09 bits per heavy atom. The van der Waals surface area contributed by atoms with E-state index in [-0.39, 0.29) is 11.4 Å². The summed E-state index contributed by atoms with van der Waals surface area (Å²) in [4.78, 5) is 22.9. The Morgan fingerprint density at radius 3 is 2.48 bits per heavy atom. The number of benzene rings is 2. The third-order valence-corrected chi connectivity index (χ3v) is 7.29. The van der Waals surface area contributed by atoms with Crippen molar-refractivity contribution in [3.8, 4) is 0 Å². The van der Waals surface area contributed by atoms with Gasteiger partial charge >= 0.3 is 0 Å². The lowest BCUT2D eigenvalue weighted by Crippen LogP contribution is -2.45. The van der Waals surface area contributed by atoms with Gasteiger partial charge in [-0.15, -0.1) is 0 Å². The van der Waals surface area contributed by atoms with Gasteiger partial charge in [0.25, 0.3) is 5.91 Å². The van der Waals surface area contributed by atoms with Crippen molar-refractivity contribution < 1.29 is 4.79 Å². The Bertz CT molecular complexity index is 1160. The highest BCUT2D eigenvalue weighted by Gasteiger charge is 2.33. The van der Waals surface area contributed by atoms with E-state index < -0.39 is 0 Å². The maximum absolute atomic E-state index is 13.2. The predicted molar refractivity (Wildman–Crippen MR) is 143 cm³/mol. The summed E-state index contributed by atoms with van der Waals surface area (Å²) in [6.07, 6.45) is 5.49. The molecule has 0 aliphatic carbocycles. The van der Waals surface area contributed by atoms with Gasteiger partial charge in [0, 0.05) is 24.3 Å². The summed E-state index contributed by atoms with van der Waals surface area (Å²) in [6.45, 7) is 14.7. The molecule has 5 heteroatoms. The summed E-state index contributed by atoms with van der Waals surface area (Å²) in [7, 11) is 0. The second kappa shape index (κ2) is 9.22. The number of amides is 1. The molecule has 0 spiro atoms. The fraction of sp³-hybridized carbons (Fsp3) is 0.357. The molecule has 0 atom stereocenters. The fourth-order valence-corrected chi connectivity index (χ4v) is 5.71. The molecule has 0 bridgehead atoms. The van der Waals surface area contributed by atoms with E-state index in [4.69, 9.17) is 4.99 Å². The van der Waals surface area contributed by atoms with Crippen molar-refractivity contribution in [2.24, 2.45) is 4.99 Å². The van der Waals surface area contributed by atoms with Crippen molar-refractivity contribution in [3.05, 3.63) is 70.1 Å². The highest BCUT2D eigenvalue weighted by molar-refractivity contribution is 8.18. The predicted octanol–water partition coefficient (Wildman–Crippen LogP) is 7.03. The van der Waals surface area contributed by atoms with Crippen LogP contribution in [0.15, 0.2) is 58.4 Å². The zero-order valence-electron chi connectivity index (χ0n) is 20.5. The molecule has 4 nitrogen and oxygen atoms in total. The van der Waals surface area contributed by atoms with E-state index in [1.807, 2.05) is 43.3 Å². The zero-order chi connectivity index (χ0) is 23.8. The van der Waals surface area contributed by atoms with E-state index >= 15 is 0 Å². The van der Waals surface area contributed by atoms with Crippen LogP contribution in [0.1, 0.15) is 57.7 Å². The van der Waals surface area contributed by atoms with Crippen molar-refractivity contribution in [1.29, 1.82) is 0 Å². The Morgan fingerprint density at radius 2 is 1.82 bits per heavy atom. The molecule has 172 valence electrons. The summed E-state index contributed by atoms with van der Waals surface area (Å²) in [5.41, 5.74) is 6.94. The minimum atomic E-state index is -0.0127. The molecule has 0 saturated carbocycles. The molecule has 0 N–H and O–H groups in total. The molecule has 0 unspecified atom stereocenters. The molecule has 2 aromatic rings. The number of anilines is 1. The Balaban J connectivity index is 1.73. The smallest absolute Gasteiger partial charge is 0.266 e. The molecule has 33 heavy (non-hydrogen) atoms. The summed E-state index contributed by atoms with van der Waals surface area (Å²) in [5.74, 6) is 0.0234. The van der Waals surface area contributed by atoms with Crippen LogP contribution in [0.3, 0.4) is 0 Å². The molecule has 2 aromatic carbocycles. The van der Waals surface area contributed by atoms with Gasteiger partial charge in [-0.3, -0.25) is 9.69 Å². The van der Waals surface area contributed by atoms with Crippen LogP contribution >= 0.6 is 11.8 Å². The molecule has 1 saturated heterocycles. The number of hydrogen-bond acceptors (Lipinski definition) is 4. The molecule has 0 radical (unpaired) electrons. The zero-order valence-corrected chi connectivity index (χ0v) is 21.3. The largest absolute Gasteiger partial charge is 0.362 e. The third kappa shape index (κ3) is 4.51. The first-order chi connectivity index (χ1) is 15.7. The van der Waals surface area contributed by atoms with Crippen molar-refractivity contribution in [3.63, 3.8) is 0 Å². The van der Waals surface area contributed by atoms with Gasteiger partial charge in [-0.25, -0.2) is 4.99 Å². The number of carbonyl (C=O) groups is 1. The first kappa shape index (κ1) is 23.4. The van der Waals surface area contributed by atoms with E-state index in [1.54, 1.807) is 4.90 Å². The molecular formula is C28H33N3OS. The van der Waals surface area contributed by atoms with Gasteiger partial charge in [0.05, 0.1) is 16.1 Å². The molecule has 1 amide bonds. The van der Waals surface area contributed by atoms with Crippen molar-refractivity contribution >= 4 is 45.9 Å². The minimum Gasteiger partial charge on any atom is -0.362 e. The Kier molecular flexibility index (Phi) is 6.53. The number of allylic oxidation sites excluding steroid dienone is 1. The molecule has 2 heterocycles. The maximum Gasteiger partial charge on any atom is 0.266 e. The van der Waals surface area contributed by atoms with Crippen molar-refractivity contribution in [2.45, 2.75) is 53.5 Å². The van der Waals surface area contributed by atoms with E-state index in [0.717, 1.165) is 34.3 Å². The van der Waals surface area contributed by atoms with E-state index in [9.17, 15) is 4.79 Å². The van der Waals surface area contributed by atoms with Gasteiger partial charge in [0.2, 0.25) is 0 Å². The molecule has 2 aliphatic heterocycles. The minimum absolute atomic E-state index is 0.0127. The summed E-state index contributed by atoms with van der Waals surface area (Å²) >= 11 is 1.46. The van der Waals surface area contributed by atoms with Crippen molar-refractivity contribution in [1.82, 2.24) is 4.90 Å². The first-order valence-corrected chi connectivity index (χ1v) is 12.5. The fourth-order valence-electron chi connectivity index (χ4n) is 4.66. The standard InChI is InChI=1S/C28H33N3OS/c1-7-14-31-24-15-19(3)21(16-23(24)20(4)18-28(31,5)6)17-25-26(32)30(8-2)27(33-25)29-22-12-10-9-11-13-22/h9-13,15-18H,7-8,14H2,1-6H3/b25-17+,29-27?. The monoisotopic (exact) mass is 459 g/mol. The summed E-state index contributed by atoms with van der Waals surface area (Å²) in [5, 5.41) is 0.738. The number of fused-ring (bicyclic) bond motifs is 1. The Labute approximate surface area is 202 Å². The van der Waals surface area contributed by atoms with Gasteiger partial charge in [-0.2, -0.15) is 0 Å². The number of nitrogens with zero attached hydrogens (tertiary/aromatic N) is 3. The van der Waals surface area contributed by atoms with Crippen LogP contribution in [0, 0.1) is 6.92 Å². The summed E-state index contributed by atoms with van der Waals surface area (Å²) < 4.78 is 0. The number of rotatable bonds is 5. The average molecular weight is 460 g/mol. The van der Waals surface area contributed by atoms with Gasteiger partial charge in [0.1, 0.15) is 0 Å². The van der Waals surface area contributed by atoms with E-state index in [2.05, 4.69) is 57.7 Å². The number of hydrogen-bond donors (Lipinski definition) is 0. The number of thioether (sulfide) groups is 1.